The maximum Gasteiger partial charge on any atom is 0.341 e. The number of aliphatic hydroxyl groups is 1. The molecule has 1 aliphatic carbocycles. The topological polar surface area (TPSA) is 78.2 Å². The van der Waals surface area contributed by atoms with Gasteiger partial charge in [0.05, 0.1) is 16.5 Å². The monoisotopic (exact) mass is 417 g/mol. The van der Waals surface area contributed by atoms with Crippen LogP contribution in [0.4, 0.5) is 22.0 Å². The molecule has 10 heteroatoms. The molecule has 0 aromatic heterocycles. The summed E-state index contributed by atoms with van der Waals surface area (Å²) in [6.45, 7) is 0. The molecular formula is C18H12F5NO3S. The van der Waals surface area contributed by atoms with Gasteiger partial charge in [-0.15, -0.1) is 0 Å². The predicted molar refractivity (Wildman–Crippen MR) is 87.3 cm³/mol. The van der Waals surface area contributed by atoms with E-state index in [9.17, 15) is 31.1 Å². The number of sulfone groups is 1. The minimum absolute atomic E-state index is 0.172. The first-order valence-electron chi connectivity index (χ1n) is 7.92. The zero-order valence-electron chi connectivity index (χ0n) is 13.9. The SMILES string of the molecule is N#Cc1cc(F)cc([C@H](F)c2ccc(S(=O)(=O)C(F)F)c3c2C[C@@H](F)[C@H]3O)c1. The van der Waals surface area contributed by atoms with Crippen molar-refractivity contribution < 1.29 is 35.5 Å². The summed E-state index contributed by atoms with van der Waals surface area (Å²) in [5.41, 5.74) is -1.65. The van der Waals surface area contributed by atoms with E-state index in [2.05, 4.69) is 0 Å². The van der Waals surface area contributed by atoms with Gasteiger partial charge in [-0.25, -0.2) is 21.6 Å². The van der Waals surface area contributed by atoms with Gasteiger partial charge in [-0.1, -0.05) is 6.07 Å². The number of nitrogens with zero attached hydrogens (tertiary/aromatic N) is 1. The second-order valence-corrected chi connectivity index (χ2v) is 8.15. The van der Waals surface area contributed by atoms with Gasteiger partial charge in [-0.05, 0) is 41.0 Å². The molecule has 0 saturated carbocycles. The van der Waals surface area contributed by atoms with Crippen LogP contribution in [0.5, 0.6) is 0 Å². The van der Waals surface area contributed by atoms with Crippen LogP contribution in [0.25, 0.3) is 0 Å². The highest BCUT2D eigenvalue weighted by Gasteiger charge is 2.41. The number of rotatable bonds is 4. The third-order valence-corrected chi connectivity index (χ3v) is 5.98. The van der Waals surface area contributed by atoms with Crippen LogP contribution in [0.15, 0.2) is 35.2 Å². The molecule has 148 valence electrons. The van der Waals surface area contributed by atoms with Gasteiger partial charge in [0.2, 0.25) is 9.84 Å². The molecule has 0 radical (unpaired) electrons. The fourth-order valence-corrected chi connectivity index (χ4v) is 4.28. The standard InChI is InChI=1S/C18H12F5NO3S/c19-10-4-8(7-24)3-9(5-10)16(21)11-1-2-14(28(26,27)18(22)23)15-12(11)6-13(20)17(15)25/h1-5,13,16-18,25H,6H2/t13-,16+,17-/m1/s1. The number of aliphatic hydroxyl groups excluding tert-OH is 1. The van der Waals surface area contributed by atoms with Crippen molar-refractivity contribution in [1.82, 2.24) is 0 Å². The van der Waals surface area contributed by atoms with E-state index >= 15 is 4.39 Å². The molecule has 0 heterocycles. The quantitative estimate of drug-likeness (QED) is 0.770. The highest BCUT2D eigenvalue weighted by Crippen LogP contribution is 2.44. The summed E-state index contributed by atoms with van der Waals surface area (Å²) in [6, 6.07) is 5.96. The van der Waals surface area contributed by atoms with Crippen molar-refractivity contribution in [1.29, 1.82) is 5.26 Å². The molecular weight excluding hydrogens is 405 g/mol. The first kappa shape index (κ1) is 20.2. The summed E-state index contributed by atoms with van der Waals surface area (Å²) in [5.74, 6) is -4.70. The molecule has 0 aliphatic heterocycles. The lowest BCUT2D eigenvalue weighted by Gasteiger charge is -2.17. The zero-order valence-corrected chi connectivity index (χ0v) is 14.7. The molecule has 3 atom stereocenters. The fraction of sp³-hybridized carbons (Fsp3) is 0.278. The average molecular weight is 417 g/mol. The lowest BCUT2D eigenvalue weighted by molar-refractivity contribution is 0.0906. The third kappa shape index (κ3) is 3.25. The van der Waals surface area contributed by atoms with Gasteiger partial charge in [0.1, 0.15) is 18.1 Å². The Morgan fingerprint density at radius 2 is 1.86 bits per heavy atom. The molecule has 3 rings (SSSR count). The summed E-state index contributed by atoms with van der Waals surface area (Å²) in [6.07, 6.45) is -6.73. The average Bonchev–Trinajstić information content (AvgIpc) is 2.94. The Morgan fingerprint density at radius 3 is 2.46 bits per heavy atom. The molecule has 0 amide bonds. The molecule has 0 bridgehead atoms. The van der Waals surface area contributed by atoms with E-state index in [1.54, 1.807) is 6.07 Å². The number of hydrogen-bond donors (Lipinski definition) is 1. The molecule has 2 aromatic rings. The Balaban J connectivity index is 2.20. The van der Waals surface area contributed by atoms with Crippen LogP contribution in [0.1, 0.15) is 40.1 Å². The van der Waals surface area contributed by atoms with Crippen molar-refractivity contribution in [3.05, 3.63) is 64.0 Å². The summed E-state index contributed by atoms with van der Waals surface area (Å²) in [4.78, 5) is -0.974. The molecule has 0 fully saturated rings. The van der Waals surface area contributed by atoms with Crippen LogP contribution in [0.3, 0.4) is 0 Å². The number of benzene rings is 2. The Kier molecular flexibility index (Phi) is 5.16. The van der Waals surface area contributed by atoms with E-state index in [-0.39, 0.29) is 22.3 Å². The predicted octanol–water partition coefficient (Wildman–Crippen LogP) is 3.68. The number of hydrogen-bond acceptors (Lipinski definition) is 4. The smallest absolute Gasteiger partial charge is 0.341 e. The third-order valence-electron chi connectivity index (χ3n) is 4.55. The van der Waals surface area contributed by atoms with E-state index in [0.29, 0.717) is 6.07 Å². The summed E-state index contributed by atoms with van der Waals surface area (Å²) < 4.78 is 92.3. The number of fused-ring (bicyclic) bond motifs is 1. The molecule has 0 unspecified atom stereocenters. The van der Waals surface area contributed by atoms with Crippen molar-refractivity contribution in [3.63, 3.8) is 0 Å². The normalized spacial score (nSPS) is 20.1. The van der Waals surface area contributed by atoms with Gasteiger partial charge in [0.25, 0.3) is 0 Å². The maximum absolute atomic E-state index is 15.1. The van der Waals surface area contributed by atoms with Crippen LogP contribution in [0.2, 0.25) is 0 Å². The highest BCUT2D eigenvalue weighted by atomic mass is 32.2. The van der Waals surface area contributed by atoms with Crippen LogP contribution < -0.4 is 0 Å². The summed E-state index contributed by atoms with van der Waals surface area (Å²) >= 11 is 0. The number of alkyl halides is 4. The lowest BCUT2D eigenvalue weighted by Crippen LogP contribution is -2.16. The fourth-order valence-electron chi connectivity index (χ4n) is 3.28. The molecule has 2 aromatic carbocycles. The van der Waals surface area contributed by atoms with E-state index < -0.39 is 56.7 Å². The Morgan fingerprint density at radius 1 is 1.18 bits per heavy atom. The summed E-state index contributed by atoms with van der Waals surface area (Å²) in [7, 11) is -5.17. The Bertz CT molecular complexity index is 1080. The highest BCUT2D eigenvalue weighted by molar-refractivity contribution is 7.91. The maximum atomic E-state index is 15.1. The molecule has 4 nitrogen and oxygen atoms in total. The summed E-state index contributed by atoms with van der Waals surface area (Å²) in [5, 5.41) is 18.9. The Hall–Kier alpha value is -2.51. The van der Waals surface area contributed by atoms with Crippen molar-refractivity contribution in [2.45, 2.75) is 35.5 Å². The van der Waals surface area contributed by atoms with Crippen LogP contribution in [0, 0.1) is 17.1 Å². The van der Waals surface area contributed by atoms with E-state index in [4.69, 9.17) is 5.26 Å². The molecule has 1 N–H and O–H groups in total. The van der Waals surface area contributed by atoms with E-state index in [1.807, 2.05) is 0 Å². The van der Waals surface area contributed by atoms with Crippen molar-refractivity contribution in [2.75, 3.05) is 0 Å². The zero-order chi connectivity index (χ0) is 20.8. The Labute approximate surface area is 156 Å². The van der Waals surface area contributed by atoms with E-state index in [1.165, 1.54) is 0 Å². The first-order chi connectivity index (χ1) is 13.1. The van der Waals surface area contributed by atoms with Crippen molar-refractivity contribution in [3.8, 4) is 6.07 Å². The van der Waals surface area contributed by atoms with Gasteiger partial charge in [-0.2, -0.15) is 14.0 Å². The number of nitriles is 1. The van der Waals surface area contributed by atoms with Crippen LogP contribution >= 0.6 is 0 Å². The largest absolute Gasteiger partial charge is 0.385 e. The second kappa shape index (κ2) is 7.14. The van der Waals surface area contributed by atoms with Crippen molar-refractivity contribution in [2.24, 2.45) is 0 Å². The van der Waals surface area contributed by atoms with Gasteiger partial charge in [0.15, 0.2) is 6.17 Å². The lowest BCUT2D eigenvalue weighted by atomic mass is 9.94. The van der Waals surface area contributed by atoms with Crippen LogP contribution in [-0.2, 0) is 16.3 Å². The van der Waals surface area contributed by atoms with Gasteiger partial charge in [-0.3, -0.25) is 0 Å². The molecule has 0 saturated heterocycles. The minimum Gasteiger partial charge on any atom is -0.385 e. The molecule has 28 heavy (non-hydrogen) atoms. The molecule has 0 spiro atoms. The van der Waals surface area contributed by atoms with Gasteiger partial charge >= 0.3 is 5.76 Å². The number of halogens is 5. The second-order valence-electron chi connectivity index (χ2n) is 6.26. The van der Waals surface area contributed by atoms with Gasteiger partial charge in [0, 0.05) is 12.0 Å². The van der Waals surface area contributed by atoms with E-state index in [0.717, 1.165) is 24.3 Å². The van der Waals surface area contributed by atoms with Gasteiger partial charge < -0.3 is 5.11 Å². The van der Waals surface area contributed by atoms with Crippen molar-refractivity contribution >= 4 is 9.84 Å². The minimum atomic E-state index is -5.17. The van der Waals surface area contributed by atoms with Crippen LogP contribution in [-0.4, -0.2) is 25.5 Å². The first-order valence-corrected chi connectivity index (χ1v) is 9.47. The molecule has 1 aliphatic rings.